The summed E-state index contributed by atoms with van der Waals surface area (Å²) in [6.45, 7) is 9.38. The van der Waals surface area contributed by atoms with Gasteiger partial charge in [0.1, 0.15) is 0 Å². The molecule has 0 unspecified atom stereocenters. The van der Waals surface area contributed by atoms with Crippen LogP contribution in [0.2, 0.25) is 0 Å². The molecule has 0 fully saturated rings. The number of nitrogens with zero attached hydrogens (tertiary/aromatic N) is 1. The van der Waals surface area contributed by atoms with Gasteiger partial charge in [0, 0.05) is 34.3 Å². The van der Waals surface area contributed by atoms with Crippen LogP contribution in [0.5, 0.6) is 0 Å². The molecule has 4 aromatic carbocycles. The number of hydrogen-bond donors (Lipinski definition) is 0. The minimum Gasteiger partial charge on any atom is -0.347 e. The molecular weight excluding hydrogens is 554 g/mol. The largest absolute Gasteiger partial charge is 0.347 e. The van der Waals surface area contributed by atoms with Crippen molar-refractivity contribution in [3.8, 4) is 0 Å². The van der Waals surface area contributed by atoms with Crippen LogP contribution in [-0.4, -0.2) is 7.05 Å². The molecular formula is C42H40ClN. The highest BCUT2D eigenvalue weighted by molar-refractivity contribution is 6.32. The second-order valence-corrected chi connectivity index (χ2v) is 13.9. The van der Waals surface area contributed by atoms with E-state index in [1.54, 1.807) is 0 Å². The van der Waals surface area contributed by atoms with Gasteiger partial charge < -0.3 is 4.90 Å². The van der Waals surface area contributed by atoms with Crippen LogP contribution in [-0.2, 0) is 10.8 Å². The summed E-state index contributed by atoms with van der Waals surface area (Å²) in [7, 11) is 2.19. The van der Waals surface area contributed by atoms with E-state index in [9.17, 15) is 0 Å². The van der Waals surface area contributed by atoms with Crippen LogP contribution in [0.4, 0.5) is 5.69 Å². The summed E-state index contributed by atoms with van der Waals surface area (Å²) in [5, 5.41) is 6.14. The lowest BCUT2D eigenvalue weighted by Gasteiger charge is -2.30. The van der Waals surface area contributed by atoms with Gasteiger partial charge in [0.15, 0.2) is 0 Å². The van der Waals surface area contributed by atoms with Gasteiger partial charge in [0.25, 0.3) is 0 Å². The van der Waals surface area contributed by atoms with E-state index in [1.165, 1.54) is 66.3 Å². The Balaban J connectivity index is 1.22. The molecule has 0 saturated carbocycles. The standard InChI is InChI=1S/C42H40ClN/c1-41(2)33(17-11-14-30-21-20-28-12-6-8-18-34(28)38(30)41)25-22-31-15-10-16-32(40(31)43)24-27-37-42(3,4)39-35-19-9-7-13-29(35)23-26-36(39)44(37)5/h6-9,11-14,17-27H,10,15-16H2,1-5H3/b25-22+,32-24+,37-27+. The van der Waals surface area contributed by atoms with E-state index in [2.05, 4.69) is 155 Å². The van der Waals surface area contributed by atoms with E-state index < -0.39 is 0 Å². The van der Waals surface area contributed by atoms with Gasteiger partial charge in [-0.15, -0.1) is 0 Å². The molecule has 2 aliphatic carbocycles. The number of benzene rings is 4. The van der Waals surface area contributed by atoms with E-state index in [1.807, 2.05) is 0 Å². The molecule has 44 heavy (non-hydrogen) atoms. The molecule has 0 spiro atoms. The Hall–Kier alpha value is -4.07. The van der Waals surface area contributed by atoms with E-state index in [0.717, 1.165) is 24.3 Å². The molecule has 220 valence electrons. The Morgan fingerprint density at radius 1 is 0.727 bits per heavy atom. The van der Waals surface area contributed by atoms with Crippen molar-refractivity contribution in [3.63, 3.8) is 0 Å². The average molecular weight is 594 g/mol. The topological polar surface area (TPSA) is 3.24 Å². The van der Waals surface area contributed by atoms with E-state index in [-0.39, 0.29) is 10.8 Å². The fourth-order valence-corrected chi connectivity index (χ4v) is 8.08. The van der Waals surface area contributed by atoms with Gasteiger partial charge in [-0.3, -0.25) is 0 Å². The van der Waals surface area contributed by atoms with Crippen molar-refractivity contribution in [3.05, 3.63) is 153 Å². The van der Waals surface area contributed by atoms with Crippen molar-refractivity contribution < 1.29 is 0 Å². The van der Waals surface area contributed by atoms with Crippen LogP contribution in [0.15, 0.2) is 137 Å². The van der Waals surface area contributed by atoms with Crippen LogP contribution in [0.25, 0.3) is 27.6 Å². The van der Waals surface area contributed by atoms with Gasteiger partial charge in [-0.05, 0) is 86.4 Å². The minimum absolute atomic E-state index is 0.110. The lowest BCUT2D eigenvalue weighted by Crippen LogP contribution is -2.22. The van der Waals surface area contributed by atoms with Gasteiger partial charge >= 0.3 is 0 Å². The molecule has 4 aromatic rings. The molecule has 2 heteroatoms. The van der Waals surface area contributed by atoms with E-state index >= 15 is 0 Å². The van der Waals surface area contributed by atoms with Gasteiger partial charge in [-0.2, -0.15) is 0 Å². The number of allylic oxidation sites excluding steroid dienone is 11. The summed E-state index contributed by atoms with van der Waals surface area (Å²) in [6, 6.07) is 26.5. The molecule has 0 bridgehead atoms. The first kappa shape index (κ1) is 28.7. The number of anilines is 1. The molecule has 1 heterocycles. The third-order valence-corrected chi connectivity index (χ3v) is 10.6. The Kier molecular flexibility index (Phi) is 7.06. The predicted molar refractivity (Wildman–Crippen MR) is 192 cm³/mol. The first-order chi connectivity index (χ1) is 21.2. The van der Waals surface area contributed by atoms with E-state index in [4.69, 9.17) is 11.6 Å². The Morgan fingerprint density at radius 2 is 1.41 bits per heavy atom. The van der Waals surface area contributed by atoms with Crippen molar-refractivity contribution in [2.75, 3.05) is 11.9 Å². The third-order valence-electron chi connectivity index (χ3n) is 10.1. The first-order valence-electron chi connectivity index (χ1n) is 15.8. The maximum Gasteiger partial charge on any atom is 0.0469 e. The SMILES string of the molecule is CN1/C(=C/C=C2\CCCC(/C=C/C3=CC=Cc4ccc5ccccc5c4C3(C)C)=C2Cl)C(C)(C)c2c1ccc1ccccc21. The lowest BCUT2D eigenvalue weighted by molar-refractivity contribution is 0.645. The second kappa shape index (κ2) is 10.8. The highest BCUT2D eigenvalue weighted by atomic mass is 35.5. The molecule has 1 aliphatic heterocycles. The smallest absolute Gasteiger partial charge is 0.0469 e. The summed E-state index contributed by atoms with van der Waals surface area (Å²) in [5.41, 5.74) is 10.1. The zero-order chi connectivity index (χ0) is 30.6. The van der Waals surface area contributed by atoms with Crippen LogP contribution >= 0.6 is 11.6 Å². The molecule has 0 saturated heterocycles. The normalized spacial score (nSPS) is 21.0. The van der Waals surface area contributed by atoms with Crippen molar-refractivity contribution >= 4 is 44.9 Å². The monoisotopic (exact) mass is 593 g/mol. The number of hydrogen-bond acceptors (Lipinski definition) is 1. The highest BCUT2D eigenvalue weighted by Crippen LogP contribution is 2.50. The maximum absolute atomic E-state index is 7.17. The number of likely N-dealkylation sites (N-methyl/N-ethyl adjacent to an activating group) is 1. The fraction of sp³-hybridized carbons (Fsp3) is 0.238. The lowest BCUT2D eigenvalue weighted by atomic mass is 9.74. The van der Waals surface area contributed by atoms with Gasteiger partial charge in [0.05, 0.1) is 0 Å². The van der Waals surface area contributed by atoms with Crippen molar-refractivity contribution in [2.24, 2.45) is 0 Å². The maximum atomic E-state index is 7.17. The Bertz CT molecular complexity index is 2010. The molecule has 0 amide bonds. The van der Waals surface area contributed by atoms with Gasteiger partial charge in [-0.25, -0.2) is 0 Å². The average Bonchev–Trinajstić information content (AvgIpc) is 3.12. The summed E-state index contributed by atoms with van der Waals surface area (Å²) in [5.74, 6) is 0. The summed E-state index contributed by atoms with van der Waals surface area (Å²) in [4.78, 5) is 2.36. The molecule has 7 rings (SSSR count). The predicted octanol–water partition coefficient (Wildman–Crippen LogP) is 11.7. The van der Waals surface area contributed by atoms with Crippen LogP contribution in [0.1, 0.15) is 63.6 Å². The van der Waals surface area contributed by atoms with Crippen LogP contribution in [0, 0.1) is 0 Å². The second-order valence-electron chi connectivity index (χ2n) is 13.5. The summed E-state index contributed by atoms with van der Waals surface area (Å²) >= 11 is 7.17. The van der Waals surface area contributed by atoms with E-state index in [0.29, 0.717) is 0 Å². The first-order valence-corrected chi connectivity index (χ1v) is 16.2. The van der Waals surface area contributed by atoms with Crippen molar-refractivity contribution in [1.82, 2.24) is 0 Å². The Labute approximate surface area is 267 Å². The molecule has 3 aliphatic rings. The van der Waals surface area contributed by atoms with Crippen LogP contribution < -0.4 is 4.90 Å². The zero-order valence-corrected chi connectivity index (χ0v) is 27.2. The quantitative estimate of drug-likeness (QED) is 0.228. The van der Waals surface area contributed by atoms with Crippen molar-refractivity contribution in [1.29, 1.82) is 0 Å². The number of halogens is 1. The number of fused-ring (bicyclic) bond motifs is 6. The molecule has 0 N–H and O–H groups in total. The number of rotatable bonds is 3. The highest BCUT2D eigenvalue weighted by Gasteiger charge is 2.39. The third kappa shape index (κ3) is 4.61. The van der Waals surface area contributed by atoms with Gasteiger partial charge in [-0.1, -0.05) is 142 Å². The summed E-state index contributed by atoms with van der Waals surface area (Å²) in [6.07, 6.45) is 19.0. The molecule has 0 atom stereocenters. The Morgan fingerprint density at radius 3 is 2.16 bits per heavy atom. The zero-order valence-electron chi connectivity index (χ0n) is 26.4. The molecule has 1 nitrogen and oxygen atoms in total. The molecule has 0 radical (unpaired) electrons. The fourth-order valence-electron chi connectivity index (χ4n) is 7.77. The van der Waals surface area contributed by atoms with Crippen molar-refractivity contribution in [2.45, 2.75) is 57.8 Å². The molecule has 0 aromatic heterocycles. The minimum atomic E-state index is -0.154. The summed E-state index contributed by atoms with van der Waals surface area (Å²) < 4.78 is 0. The van der Waals surface area contributed by atoms with Crippen LogP contribution in [0.3, 0.4) is 0 Å². The van der Waals surface area contributed by atoms with Gasteiger partial charge in [0.2, 0.25) is 0 Å².